The second kappa shape index (κ2) is 7.36. The van der Waals surface area contributed by atoms with Crippen molar-refractivity contribution in [1.29, 1.82) is 0 Å². The van der Waals surface area contributed by atoms with Crippen molar-refractivity contribution in [2.24, 2.45) is 5.14 Å². The lowest BCUT2D eigenvalue weighted by Crippen LogP contribution is -2.12. The van der Waals surface area contributed by atoms with E-state index < -0.39 is 10.0 Å². The summed E-state index contributed by atoms with van der Waals surface area (Å²) in [5.41, 5.74) is 10.6. The maximum Gasteiger partial charge on any atom is 0.238 e. The Labute approximate surface area is 173 Å². The molecule has 0 radical (unpaired) electrons. The lowest BCUT2D eigenvalue weighted by Gasteiger charge is -2.08. The van der Waals surface area contributed by atoms with Crippen LogP contribution in [0.15, 0.2) is 83.8 Å². The van der Waals surface area contributed by atoms with Gasteiger partial charge in [-0.3, -0.25) is 0 Å². The third-order valence-corrected chi connectivity index (χ3v) is 5.62. The summed E-state index contributed by atoms with van der Waals surface area (Å²) in [5, 5.41) is 10.6. The first-order valence-corrected chi connectivity index (χ1v) is 10.6. The Bertz CT molecular complexity index is 1280. The highest BCUT2D eigenvalue weighted by Crippen LogP contribution is 2.30. The molecule has 0 bridgehead atoms. The SMILES string of the molecule is Nc1cccc(-c2cc(-c3ccc(Cl)cc3)n(-c3ccc(S(N)(=O)=O)cc3)n2)c1. The van der Waals surface area contributed by atoms with Gasteiger partial charge in [-0.25, -0.2) is 18.2 Å². The van der Waals surface area contributed by atoms with Crippen LogP contribution in [0.3, 0.4) is 0 Å². The lowest BCUT2D eigenvalue weighted by atomic mass is 10.1. The molecule has 0 atom stereocenters. The summed E-state index contributed by atoms with van der Waals surface area (Å²) in [6.45, 7) is 0. The van der Waals surface area contributed by atoms with Gasteiger partial charge in [0.1, 0.15) is 0 Å². The summed E-state index contributed by atoms with van der Waals surface area (Å²) in [5.74, 6) is 0. The fourth-order valence-electron chi connectivity index (χ4n) is 3.02. The predicted molar refractivity (Wildman–Crippen MR) is 115 cm³/mol. The number of sulfonamides is 1. The van der Waals surface area contributed by atoms with Gasteiger partial charge in [-0.1, -0.05) is 35.9 Å². The molecular weight excluding hydrogens is 408 g/mol. The van der Waals surface area contributed by atoms with Crippen molar-refractivity contribution in [1.82, 2.24) is 9.78 Å². The van der Waals surface area contributed by atoms with Crippen LogP contribution in [0.4, 0.5) is 5.69 Å². The molecule has 4 aromatic rings. The first-order chi connectivity index (χ1) is 13.8. The van der Waals surface area contributed by atoms with E-state index in [1.54, 1.807) is 28.9 Å². The average Bonchev–Trinajstić information content (AvgIpc) is 3.13. The average molecular weight is 425 g/mol. The van der Waals surface area contributed by atoms with Crippen molar-refractivity contribution in [2.75, 3.05) is 5.73 Å². The summed E-state index contributed by atoms with van der Waals surface area (Å²) in [6, 6.07) is 23.1. The third-order valence-electron chi connectivity index (χ3n) is 4.44. The fourth-order valence-corrected chi connectivity index (χ4v) is 3.66. The van der Waals surface area contributed by atoms with E-state index >= 15 is 0 Å². The van der Waals surface area contributed by atoms with E-state index in [4.69, 9.17) is 27.6 Å². The molecule has 29 heavy (non-hydrogen) atoms. The molecule has 0 unspecified atom stereocenters. The quantitative estimate of drug-likeness (QED) is 0.481. The van der Waals surface area contributed by atoms with Crippen molar-refractivity contribution in [3.8, 4) is 28.2 Å². The Morgan fingerprint density at radius 1 is 0.862 bits per heavy atom. The molecule has 0 fully saturated rings. The van der Waals surface area contributed by atoms with Gasteiger partial charge in [0.2, 0.25) is 10.0 Å². The number of nitrogens with zero attached hydrogens (tertiary/aromatic N) is 2. The molecule has 4 N–H and O–H groups in total. The highest BCUT2D eigenvalue weighted by molar-refractivity contribution is 7.89. The lowest BCUT2D eigenvalue weighted by molar-refractivity contribution is 0.598. The number of hydrogen-bond donors (Lipinski definition) is 2. The van der Waals surface area contributed by atoms with E-state index in [9.17, 15) is 8.42 Å². The van der Waals surface area contributed by atoms with Crippen LogP contribution in [-0.2, 0) is 10.0 Å². The molecule has 146 valence electrons. The van der Waals surface area contributed by atoms with E-state index in [0.29, 0.717) is 16.4 Å². The fraction of sp³-hybridized carbons (Fsp3) is 0. The minimum absolute atomic E-state index is 0.0394. The maximum absolute atomic E-state index is 11.6. The Balaban J connectivity index is 1.88. The summed E-state index contributed by atoms with van der Waals surface area (Å²) >= 11 is 6.03. The molecule has 6 nitrogen and oxygen atoms in total. The highest BCUT2D eigenvalue weighted by atomic mass is 35.5. The zero-order valence-corrected chi connectivity index (χ0v) is 16.7. The second-order valence-electron chi connectivity index (χ2n) is 6.50. The van der Waals surface area contributed by atoms with Crippen LogP contribution in [0.1, 0.15) is 0 Å². The van der Waals surface area contributed by atoms with Crippen molar-refractivity contribution in [3.05, 3.63) is 83.9 Å². The zero-order chi connectivity index (χ0) is 20.6. The molecule has 0 amide bonds. The van der Waals surface area contributed by atoms with Gasteiger partial charge in [-0.05, 0) is 54.6 Å². The Morgan fingerprint density at radius 3 is 2.17 bits per heavy atom. The standard InChI is InChI=1S/C21H17ClN4O2S/c22-16-6-4-14(5-7-16)21-13-20(15-2-1-3-17(23)12-15)25-26(21)18-8-10-19(11-9-18)29(24,27)28/h1-13H,23H2,(H2,24,27,28). The maximum atomic E-state index is 11.6. The largest absolute Gasteiger partial charge is 0.399 e. The monoisotopic (exact) mass is 424 g/mol. The summed E-state index contributed by atoms with van der Waals surface area (Å²) in [7, 11) is -3.77. The number of benzene rings is 3. The first-order valence-electron chi connectivity index (χ1n) is 8.66. The van der Waals surface area contributed by atoms with Gasteiger partial charge in [-0.2, -0.15) is 5.10 Å². The van der Waals surface area contributed by atoms with Gasteiger partial charge in [0.05, 0.1) is 22.0 Å². The number of aromatic nitrogens is 2. The number of halogens is 1. The minimum atomic E-state index is -3.77. The van der Waals surface area contributed by atoms with E-state index in [1.165, 1.54) is 12.1 Å². The minimum Gasteiger partial charge on any atom is -0.399 e. The van der Waals surface area contributed by atoms with Crippen LogP contribution >= 0.6 is 11.6 Å². The molecule has 0 saturated carbocycles. The molecule has 0 aliphatic heterocycles. The smallest absolute Gasteiger partial charge is 0.238 e. The van der Waals surface area contributed by atoms with E-state index in [1.807, 2.05) is 42.5 Å². The van der Waals surface area contributed by atoms with Crippen molar-refractivity contribution in [2.45, 2.75) is 4.90 Å². The molecule has 1 aromatic heterocycles. The van der Waals surface area contributed by atoms with Crippen LogP contribution < -0.4 is 10.9 Å². The van der Waals surface area contributed by atoms with Crippen molar-refractivity contribution in [3.63, 3.8) is 0 Å². The second-order valence-corrected chi connectivity index (χ2v) is 8.50. The molecule has 1 heterocycles. The zero-order valence-electron chi connectivity index (χ0n) is 15.2. The van der Waals surface area contributed by atoms with Crippen LogP contribution in [0.5, 0.6) is 0 Å². The van der Waals surface area contributed by atoms with E-state index in [0.717, 1.165) is 22.5 Å². The van der Waals surface area contributed by atoms with E-state index in [2.05, 4.69) is 0 Å². The molecule has 3 aromatic carbocycles. The number of anilines is 1. The molecule has 0 aliphatic carbocycles. The summed E-state index contributed by atoms with van der Waals surface area (Å²) < 4.78 is 24.9. The third kappa shape index (κ3) is 4.02. The molecule has 0 aliphatic rings. The molecule has 4 rings (SSSR count). The van der Waals surface area contributed by atoms with Gasteiger partial charge in [0, 0.05) is 21.8 Å². The van der Waals surface area contributed by atoms with Crippen LogP contribution in [0.2, 0.25) is 5.02 Å². The normalized spacial score (nSPS) is 11.5. The predicted octanol–water partition coefficient (Wildman–Crippen LogP) is 4.09. The Morgan fingerprint density at radius 2 is 1.55 bits per heavy atom. The van der Waals surface area contributed by atoms with Crippen LogP contribution in [-0.4, -0.2) is 18.2 Å². The Hall–Kier alpha value is -3.13. The van der Waals surface area contributed by atoms with Gasteiger partial charge < -0.3 is 5.73 Å². The first kappa shape index (κ1) is 19.2. The van der Waals surface area contributed by atoms with Gasteiger partial charge in [0.15, 0.2) is 0 Å². The molecule has 0 saturated heterocycles. The summed E-state index contributed by atoms with van der Waals surface area (Å²) in [4.78, 5) is 0.0394. The molecular formula is C21H17ClN4O2S. The molecule has 0 spiro atoms. The van der Waals surface area contributed by atoms with E-state index in [-0.39, 0.29) is 4.90 Å². The number of nitrogens with two attached hydrogens (primary N) is 2. The van der Waals surface area contributed by atoms with Gasteiger partial charge in [0.25, 0.3) is 0 Å². The van der Waals surface area contributed by atoms with Crippen LogP contribution in [0, 0.1) is 0 Å². The van der Waals surface area contributed by atoms with Gasteiger partial charge in [-0.15, -0.1) is 0 Å². The molecule has 8 heteroatoms. The number of nitrogen functional groups attached to an aromatic ring is 1. The summed E-state index contributed by atoms with van der Waals surface area (Å²) in [6.07, 6.45) is 0. The highest BCUT2D eigenvalue weighted by Gasteiger charge is 2.15. The topological polar surface area (TPSA) is 104 Å². The van der Waals surface area contributed by atoms with Gasteiger partial charge >= 0.3 is 0 Å². The van der Waals surface area contributed by atoms with Crippen molar-refractivity contribution >= 4 is 27.3 Å². The number of hydrogen-bond acceptors (Lipinski definition) is 4. The number of rotatable bonds is 4. The van der Waals surface area contributed by atoms with Crippen LogP contribution in [0.25, 0.3) is 28.2 Å². The number of primary sulfonamides is 1. The van der Waals surface area contributed by atoms with Crippen molar-refractivity contribution < 1.29 is 8.42 Å². The Kier molecular flexibility index (Phi) is 4.87.